The second-order valence-electron chi connectivity index (χ2n) is 8.89. The number of benzene rings is 2. The van der Waals surface area contributed by atoms with Gasteiger partial charge < -0.3 is 4.90 Å². The van der Waals surface area contributed by atoms with Crippen LogP contribution in [0.25, 0.3) is 10.8 Å². The van der Waals surface area contributed by atoms with E-state index < -0.39 is 9.84 Å². The van der Waals surface area contributed by atoms with Gasteiger partial charge in [-0.3, -0.25) is 4.99 Å². The predicted molar refractivity (Wildman–Crippen MR) is 141 cm³/mol. The van der Waals surface area contributed by atoms with Crippen LogP contribution >= 0.6 is 23.4 Å². The van der Waals surface area contributed by atoms with Crippen molar-refractivity contribution in [3.63, 3.8) is 0 Å². The lowest BCUT2D eigenvalue weighted by atomic mass is 10.1. The fourth-order valence-electron chi connectivity index (χ4n) is 4.95. The van der Waals surface area contributed by atoms with E-state index in [4.69, 9.17) is 11.6 Å². The Morgan fingerprint density at radius 3 is 2.60 bits per heavy atom. The number of hydrogen-bond donors (Lipinski definition) is 0. The van der Waals surface area contributed by atoms with Gasteiger partial charge in [-0.25, -0.2) is 17.7 Å². The molecule has 1 amide bonds. The van der Waals surface area contributed by atoms with Crippen molar-refractivity contribution in [2.45, 2.75) is 36.0 Å². The maximum atomic E-state index is 13.8. The van der Waals surface area contributed by atoms with Crippen molar-refractivity contribution in [3.05, 3.63) is 53.2 Å². The number of likely N-dealkylation sites (N-methyl/N-ethyl adjacent to an activating group) is 1. The number of carbonyl (C=O) groups is 1. The maximum absolute atomic E-state index is 13.8. The molecule has 0 bridgehead atoms. The number of quaternary nitrogens is 1. The zero-order chi connectivity index (χ0) is 25.2. The second kappa shape index (κ2) is 10.3. The summed E-state index contributed by atoms with van der Waals surface area (Å²) in [5, 5.41) is 12.1. The molecule has 2 aromatic carbocycles. The van der Waals surface area contributed by atoms with E-state index >= 15 is 0 Å². The number of thioether (sulfide) groups is 1. The third kappa shape index (κ3) is 4.98. The van der Waals surface area contributed by atoms with Crippen molar-refractivity contribution in [2.24, 2.45) is 4.99 Å². The molecule has 1 atom stereocenters. The average Bonchev–Trinajstić information content (AvgIpc) is 3.18. The summed E-state index contributed by atoms with van der Waals surface area (Å²) >= 11 is 7.52. The number of halogens is 1. The van der Waals surface area contributed by atoms with Crippen LogP contribution in [0.2, 0.25) is 5.02 Å². The van der Waals surface area contributed by atoms with Gasteiger partial charge in [0.2, 0.25) is 0 Å². The molecule has 4 rings (SSSR count). The quantitative estimate of drug-likeness (QED) is 0.414. The summed E-state index contributed by atoms with van der Waals surface area (Å²) in [5.41, 5.74) is 0.740. The summed E-state index contributed by atoms with van der Waals surface area (Å²) in [7, 11) is -0.127. The minimum atomic E-state index is -3.67. The SMILES string of the molecule is CN=C1SC([N+]2(C(=O)CCS(=O)(=O)c3ccc4cc(Cl)ccc4c3)CCCCC2)C(=CC#N)N1C. The number of nitrogens with zero attached hydrogens (tertiary/aromatic N) is 4. The molecule has 2 heterocycles. The first-order valence-electron chi connectivity index (χ1n) is 11.5. The van der Waals surface area contributed by atoms with Crippen molar-refractivity contribution in [2.75, 3.05) is 32.9 Å². The molecule has 7 nitrogen and oxygen atoms in total. The Bertz CT molecular complexity index is 1360. The van der Waals surface area contributed by atoms with Crippen LogP contribution < -0.4 is 0 Å². The normalized spacial score (nSPS) is 22.6. The minimum absolute atomic E-state index is 0.0831. The first kappa shape index (κ1) is 25.7. The Balaban J connectivity index is 1.60. The molecule has 1 unspecified atom stereocenters. The molecule has 2 aliphatic rings. The van der Waals surface area contributed by atoms with E-state index in [1.54, 1.807) is 43.4 Å². The van der Waals surface area contributed by atoms with Crippen LogP contribution in [0.4, 0.5) is 0 Å². The molecule has 10 heteroatoms. The molecule has 0 saturated carbocycles. The van der Waals surface area contributed by atoms with Gasteiger partial charge in [0.15, 0.2) is 20.4 Å². The number of piperidine rings is 1. The molecular weight excluding hydrogens is 504 g/mol. The maximum Gasteiger partial charge on any atom is 0.315 e. The van der Waals surface area contributed by atoms with E-state index in [0.29, 0.717) is 18.1 Å². The highest BCUT2D eigenvalue weighted by Gasteiger charge is 2.52. The molecule has 0 N–H and O–H groups in total. The van der Waals surface area contributed by atoms with Crippen LogP contribution in [0.5, 0.6) is 0 Å². The van der Waals surface area contributed by atoms with Crippen molar-refractivity contribution >= 4 is 55.0 Å². The largest absolute Gasteiger partial charge is 0.321 e. The lowest BCUT2D eigenvalue weighted by Gasteiger charge is -2.43. The van der Waals surface area contributed by atoms with Gasteiger partial charge in [-0.2, -0.15) is 5.26 Å². The van der Waals surface area contributed by atoms with Crippen LogP contribution in [0, 0.1) is 11.3 Å². The van der Waals surface area contributed by atoms with E-state index in [0.717, 1.165) is 40.9 Å². The molecule has 2 fully saturated rings. The number of amides is 1. The highest BCUT2D eigenvalue weighted by atomic mass is 35.5. The molecule has 0 aromatic heterocycles. The smallest absolute Gasteiger partial charge is 0.315 e. The fraction of sp³-hybridized carbons (Fsp3) is 0.400. The van der Waals surface area contributed by atoms with Gasteiger partial charge in [0, 0.05) is 25.2 Å². The number of carbonyl (C=O) groups excluding carboxylic acids is 1. The summed E-state index contributed by atoms with van der Waals surface area (Å²) in [6, 6.07) is 12.4. The summed E-state index contributed by atoms with van der Waals surface area (Å²) in [6.07, 6.45) is 4.19. The van der Waals surface area contributed by atoms with Gasteiger partial charge in [0.25, 0.3) is 0 Å². The fourth-order valence-corrected chi connectivity index (χ4v) is 7.84. The first-order chi connectivity index (χ1) is 16.7. The highest BCUT2D eigenvalue weighted by molar-refractivity contribution is 8.14. The number of allylic oxidation sites excluding steroid dienone is 1. The topological polar surface area (TPSA) is 90.6 Å². The molecule has 0 aliphatic carbocycles. The average molecular weight is 532 g/mol. The van der Waals surface area contributed by atoms with Crippen molar-refractivity contribution < 1.29 is 17.7 Å². The lowest BCUT2D eigenvalue weighted by Crippen LogP contribution is -2.61. The molecule has 35 heavy (non-hydrogen) atoms. The van der Waals surface area contributed by atoms with Crippen LogP contribution in [0.1, 0.15) is 25.7 Å². The minimum Gasteiger partial charge on any atom is -0.321 e. The molecular formula is C25H28ClN4O3S2+. The van der Waals surface area contributed by atoms with Crippen LogP contribution in [-0.2, 0) is 14.6 Å². The molecule has 2 saturated heterocycles. The predicted octanol–water partition coefficient (Wildman–Crippen LogP) is 4.58. The number of aliphatic imine (C=N–C) groups is 1. The van der Waals surface area contributed by atoms with Crippen LogP contribution in [0.15, 0.2) is 58.1 Å². The summed E-state index contributed by atoms with van der Waals surface area (Å²) in [4.78, 5) is 20.2. The number of hydrogen-bond acceptors (Lipinski definition) is 6. The standard InChI is InChI=1S/C25H28ClN4O3S2/c1-28-25-29(2)22(10-12-27)24(34-25)30(13-4-3-5-14-30)23(31)11-15-35(32,33)21-9-7-18-16-20(26)8-6-19(18)17-21/h6-10,16-17,24H,3-5,11,13-15H2,1-2H3/q+1. The highest BCUT2D eigenvalue weighted by Crippen LogP contribution is 2.42. The Morgan fingerprint density at radius 1 is 1.23 bits per heavy atom. The van der Waals surface area contributed by atoms with Crippen LogP contribution in [0.3, 0.4) is 0 Å². The van der Waals surface area contributed by atoms with E-state index in [2.05, 4.69) is 11.1 Å². The number of amidine groups is 1. The summed E-state index contributed by atoms with van der Waals surface area (Å²) in [6.45, 7) is 1.25. The van der Waals surface area contributed by atoms with E-state index in [-0.39, 0.29) is 32.8 Å². The number of nitriles is 1. The van der Waals surface area contributed by atoms with Crippen molar-refractivity contribution in [3.8, 4) is 6.07 Å². The number of sulfone groups is 1. The number of likely N-dealkylation sites (tertiary alicyclic amines) is 1. The van der Waals surface area contributed by atoms with Crippen molar-refractivity contribution in [1.82, 2.24) is 4.90 Å². The third-order valence-corrected chi connectivity index (χ3v) is 10.3. The Hall–Kier alpha value is -2.38. The summed E-state index contributed by atoms with van der Waals surface area (Å²) < 4.78 is 26.5. The number of rotatable bonds is 5. The Labute approximate surface area is 215 Å². The van der Waals surface area contributed by atoms with E-state index in [1.165, 1.54) is 17.8 Å². The van der Waals surface area contributed by atoms with Crippen molar-refractivity contribution in [1.29, 1.82) is 5.26 Å². The van der Waals surface area contributed by atoms with Gasteiger partial charge >= 0.3 is 5.91 Å². The van der Waals surface area contributed by atoms with Gasteiger partial charge in [0.05, 0.1) is 36.2 Å². The first-order valence-corrected chi connectivity index (χ1v) is 14.4. The van der Waals surface area contributed by atoms with Gasteiger partial charge in [-0.05, 0) is 66.1 Å². The zero-order valence-corrected chi connectivity index (χ0v) is 22.2. The molecule has 2 aliphatic heterocycles. The molecule has 2 aromatic rings. The summed E-state index contributed by atoms with van der Waals surface area (Å²) in [5.74, 6) is -0.364. The Morgan fingerprint density at radius 2 is 1.91 bits per heavy atom. The van der Waals surface area contributed by atoms with E-state index in [1.807, 2.05) is 11.9 Å². The number of fused-ring (bicyclic) bond motifs is 1. The monoisotopic (exact) mass is 531 g/mol. The van der Waals surface area contributed by atoms with Gasteiger partial charge in [-0.1, -0.05) is 23.7 Å². The lowest BCUT2D eigenvalue weighted by molar-refractivity contribution is -0.864. The second-order valence-corrected chi connectivity index (χ2v) is 12.5. The molecule has 0 radical (unpaired) electrons. The zero-order valence-electron chi connectivity index (χ0n) is 19.8. The van der Waals surface area contributed by atoms with E-state index in [9.17, 15) is 18.5 Å². The molecule has 184 valence electrons. The third-order valence-electron chi connectivity index (χ3n) is 6.83. The van der Waals surface area contributed by atoms with Crippen LogP contribution in [-0.4, -0.2) is 67.2 Å². The Kier molecular flexibility index (Phi) is 7.57. The molecule has 0 spiro atoms. The van der Waals surface area contributed by atoms with Gasteiger partial charge in [0.1, 0.15) is 5.70 Å². The van der Waals surface area contributed by atoms with Gasteiger partial charge in [-0.15, -0.1) is 0 Å².